The van der Waals surface area contributed by atoms with Gasteiger partial charge in [-0.1, -0.05) is 76.2 Å². The van der Waals surface area contributed by atoms with E-state index in [-0.39, 0.29) is 30.0 Å². The van der Waals surface area contributed by atoms with Crippen molar-refractivity contribution in [2.24, 2.45) is 0 Å². The minimum Gasteiger partial charge on any atom is -0.339 e. The molecule has 0 unspecified atom stereocenters. The highest BCUT2D eigenvalue weighted by atomic mass is 35.5. The van der Waals surface area contributed by atoms with E-state index in [9.17, 15) is 9.59 Å². The zero-order valence-corrected chi connectivity index (χ0v) is 22.4. The molecule has 1 aliphatic rings. The summed E-state index contributed by atoms with van der Waals surface area (Å²) in [5.74, 6) is 1.36. The van der Waals surface area contributed by atoms with Gasteiger partial charge in [-0.05, 0) is 28.5 Å². The van der Waals surface area contributed by atoms with Crippen LogP contribution < -0.4 is 5.32 Å². The Labute approximate surface area is 215 Å². The van der Waals surface area contributed by atoms with E-state index in [0.29, 0.717) is 17.6 Å². The number of nitrogens with one attached hydrogen (secondary N) is 1. The Balaban J connectivity index is 0.00000408. The molecule has 2 aromatic carbocycles. The Morgan fingerprint density at radius 2 is 1.44 bits per heavy atom. The molecule has 5 nitrogen and oxygen atoms in total. The second-order valence-corrected chi connectivity index (χ2v) is 10.3. The average molecular weight is 504 g/mol. The van der Waals surface area contributed by atoms with Crippen molar-refractivity contribution >= 4 is 41.7 Å². The van der Waals surface area contributed by atoms with Gasteiger partial charge in [-0.2, -0.15) is 0 Å². The van der Waals surface area contributed by atoms with Crippen LogP contribution in [0.25, 0.3) is 0 Å². The number of hydrogen-bond donors (Lipinski definition) is 1. The predicted octanol–water partition coefficient (Wildman–Crippen LogP) is 5.37. The van der Waals surface area contributed by atoms with Crippen LogP contribution in [0.3, 0.4) is 0 Å². The largest absolute Gasteiger partial charge is 0.339 e. The smallest absolute Gasteiger partial charge is 0.234 e. The highest BCUT2D eigenvalue weighted by Gasteiger charge is 2.21. The molecular weight excluding hydrogens is 466 g/mol. The second-order valence-electron chi connectivity index (χ2n) is 9.30. The molecule has 34 heavy (non-hydrogen) atoms. The SMILES string of the molecule is CC(C)c1cccc(C(C)C)c1NC(=O)CSCC(=O)N1CCN(Cc2ccccc2)CC1.Cl. The number of piperazine rings is 1. The van der Waals surface area contributed by atoms with E-state index in [0.717, 1.165) is 49.5 Å². The molecule has 1 aliphatic heterocycles. The van der Waals surface area contributed by atoms with Gasteiger partial charge < -0.3 is 10.2 Å². The first-order valence-electron chi connectivity index (χ1n) is 11.9. The minimum absolute atomic E-state index is 0. The third-order valence-corrected chi connectivity index (χ3v) is 6.99. The van der Waals surface area contributed by atoms with Gasteiger partial charge in [-0.25, -0.2) is 0 Å². The zero-order valence-electron chi connectivity index (χ0n) is 20.8. The van der Waals surface area contributed by atoms with E-state index in [1.807, 2.05) is 11.0 Å². The molecule has 0 aromatic heterocycles. The number of para-hydroxylation sites is 1. The quantitative estimate of drug-likeness (QED) is 0.499. The number of rotatable bonds is 9. The van der Waals surface area contributed by atoms with Crippen molar-refractivity contribution in [3.8, 4) is 0 Å². The molecule has 0 bridgehead atoms. The molecule has 186 valence electrons. The molecule has 7 heteroatoms. The van der Waals surface area contributed by atoms with Crippen molar-refractivity contribution in [1.29, 1.82) is 0 Å². The summed E-state index contributed by atoms with van der Waals surface area (Å²) in [7, 11) is 0. The van der Waals surface area contributed by atoms with Gasteiger partial charge in [0, 0.05) is 38.4 Å². The number of halogens is 1. The summed E-state index contributed by atoms with van der Waals surface area (Å²) >= 11 is 1.40. The van der Waals surface area contributed by atoms with Crippen molar-refractivity contribution in [2.45, 2.75) is 46.1 Å². The molecule has 1 heterocycles. The summed E-state index contributed by atoms with van der Waals surface area (Å²) in [6.45, 7) is 12.8. The fourth-order valence-electron chi connectivity index (χ4n) is 4.19. The third kappa shape index (κ3) is 8.03. The van der Waals surface area contributed by atoms with E-state index in [1.54, 1.807) is 0 Å². The summed E-state index contributed by atoms with van der Waals surface area (Å²) < 4.78 is 0. The highest BCUT2D eigenvalue weighted by molar-refractivity contribution is 8.00. The molecule has 0 radical (unpaired) electrons. The lowest BCUT2D eigenvalue weighted by Crippen LogP contribution is -2.48. The molecule has 1 fully saturated rings. The lowest BCUT2D eigenvalue weighted by atomic mass is 9.92. The summed E-state index contributed by atoms with van der Waals surface area (Å²) in [6, 6.07) is 16.7. The number of nitrogens with zero attached hydrogens (tertiary/aromatic N) is 2. The highest BCUT2D eigenvalue weighted by Crippen LogP contribution is 2.32. The lowest BCUT2D eigenvalue weighted by Gasteiger charge is -2.34. The van der Waals surface area contributed by atoms with Crippen LogP contribution in [-0.4, -0.2) is 59.3 Å². The second kappa shape index (κ2) is 13.8. The van der Waals surface area contributed by atoms with E-state index in [2.05, 4.69) is 80.4 Å². The van der Waals surface area contributed by atoms with Crippen LogP contribution in [0.1, 0.15) is 56.2 Å². The maximum Gasteiger partial charge on any atom is 0.234 e. The number of hydrogen-bond acceptors (Lipinski definition) is 4. The Kier molecular flexibility index (Phi) is 11.4. The summed E-state index contributed by atoms with van der Waals surface area (Å²) in [6.07, 6.45) is 0. The van der Waals surface area contributed by atoms with Crippen LogP contribution in [-0.2, 0) is 16.1 Å². The van der Waals surface area contributed by atoms with E-state index in [4.69, 9.17) is 0 Å². The van der Waals surface area contributed by atoms with Gasteiger partial charge in [-0.15, -0.1) is 24.2 Å². The molecule has 1 saturated heterocycles. The molecule has 0 atom stereocenters. The number of amides is 2. The Hall–Kier alpha value is -2.02. The Bertz CT molecular complexity index is 902. The maximum absolute atomic E-state index is 12.7. The predicted molar refractivity (Wildman–Crippen MR) is 146 cm³/mol. The van der Waals surface area contributed by atoms with Crippen LogP contribution in [0.15, 0.2) is 48.5 Å². The van der Waals surface area contributed by atoms with Crippen molar-refractivity contribution in [1.82, 2.24) is 9.80 Å². The molecule has 2 amide bonds. The van der Waals surface area contributed by atoms with E-state index in [1.165, 1.54) is 17.3 Å². The summed E-state index contributed by atoms with van der Waals surface area (Å²) in [4.78, 5) is 29.6. The number of thioether (sulfide) groups is 1. The van der Waals surface area contributed by atoms with Gasteiger partial charge >= 0.3 is 0 Å². The monoisotopic (exact) mass is 503 g/mol. The third-order valence-electron chi connectivity index (χ3n) is 6.07. The molecule has 0 aliphatic carbocycles. The molecule has 2 aromatic rings. The fourth-order valence-corrected chi connectivity index (χ4v) is 4.91. The van der Waals surface area contributed by atoms with Crippen molar-refractivity contribution < 1.29 is 9.59 Å². The first-order chi connectivity index (χ1) is 15.8. The number of carbonyl (C=O) groups is 2. The Morgan fingerprint density at radius 3 is 2.00 bits per heavy atom. The van der Waals surface area contributed by atoms with Gasteiger partial charge in [0.2, 0.25) is 11.8 Å². The van der Waals surface area contributed by atoms with Crippen LogP contribution >= 0.6 is 24.2 Å². The maximum atomic E-state index is 12.7. The topological polar surface area (TPSA) is 52.7 Å². The van der Waals surface area contributed by atoms with Gasteiger partial charge in [0.15, 0.2) is 0 Å². The molecule has 0 spiro atoms. The molecule has 3 rings (SSSR count). The normalized spacial score (nSPS) is 14.2. The molecular formula is C27H38ClN3O2S. The minimum atomic E-state index is -0.0459. The average Bonchev–Trinajstić information content (AvgIpc) is 2.80. The fraction of sp³-hybridized carbons (Fsp3) is 0.481. The standard InChI is InChI=1S/C27H37N3O2S.ClH/c1-20(2)23-11-8-12-24(21(3)4)27(23)28-25(31)18-33-19-26(32)30-15-13-29(14-16-30)17-22-9-6-5-7-10-22;/h5-12,20-21H,13-19H2,1-4H3,(H,28,31);1H. The molecule has 0 saturated carbocycles. The Morgan fingerprint density at radius 1 is 0.853 bits per heavy atom. The lowest BCUT2D eigenvalue weighted by molar-refractivity contribution is -0.130. The number of benzene rings is 2. The van der Waals surface area contributed by atoms with E-state index < -0.39 is 0 Å². The number of anilines is 1. The summed E-state index contributed by atoms with van der Waals surface area (Å²) in [5.41, 5.74) is 4.56. The molecule has 1 N–H and O–H groups in total. The van der Waals surface area contributed by atoms with Gasteiger partial charge in [-0.3, -0.25) is 14.5 Å². The first kappa shape index (κ1) is 28.2. The van der Waals surface area contributed by atoms with E-state index >= 15 is 0 Å². The van der Waals surface area contributed by atoms with Crippen molar-refractivity contribution in [3.05, 3.63) is 65.2 Å². The summed E-state index contributed by atoms with van der Waals surface area (Å²) in [5, 5.41) is 3.13. The van der Waals surface area contributed by atoms with Gasteiger partial charge in [0.25, 0.3) is 0 Å². The van der Waals surface area contributed by atoms with Crippen LogP contribution in [0, 0.1) is 0 Å². The van der Waals surface area contributed by atoms with Gasteiger partial charge in [0.05, 0.1) is 11.5 Å². The van der Waals surface area contributed by atoms with Crippen LogP contribution in [0.4, 0.5) is 5.69 Å². The van der Waals surface area contributed by atoms with Crippen LogP contribution in [0.2, 0.25) is 0 Å². The number of carbonyl (C=O) groups excluding carboxylic acids is 2. The first-order valence-corrected chi connectivity index (χ1v) is 13.0. The van der Waals surface area contributed by atoms with Crippen molar-refractivity contribution in [2.75, 3.05) is 43.0 Å². The van der Waals surface area contributed by atoms with Crippen molar-refractivity contribution in [3.63, 3.8) is 0 Å². The van der Waals surface area contributed by atoms with Gasteiger partial charge in [0.1, 0.15) is 0 Å². The van der Waals surface area contributed by atoms with Crippen LogP contribution in [0.5, 0.6) is 0 Å². The zero-order chi connectivity index (χ0) is 23.8.